The molecule has 0 aromatic carbocycles. The summed E-state index contributed by atoms with van der Waals surface area (Å²) in [6.45, 7) is 3.06. The first-order valence-corrected chi connectivity index (χ1v) is 1.20. The molecule has 0 saturated carbocycles. The molecule has 0 amide bonds. The summed E-state index contributed by atoms with van der Waals surface area (Å²) in [4.78, 5) is 9.44. The van der Waals surface area contributed by atoms with Crippen LogP contribution in [0.1, 0.15) is 13.8 Å². The highest BCUT2D eigenvalue weighted by Crippen LogP contribution is 1.50. The zero-order chi connectivity index (χ0) is 3.58. The van der Waals surface area contributed by atoms with E-state index < -0.39 is 0 Å². The van der Waals surface area contributed by atoms with E-state index >= 15 is 0 Å². The molecule has 0 aromatic heterocycles. The Morgan fingerprint density at radius 1 is 1.00 bits per heavy atom. The third kappa shape index (κ3) is 224. The second-order valence-corrected chi connectivity index (χ2v) is 0.908. The highest BCUT2D eigenvalue weighted by molar-refractivity contribution is 5.72. The molecule has 0 N–H and O–H groups in total. The molecular formula is C3H9F3O. The second kappa shape index (κ2) is 17.9. The summed E-state index contributed by atoms with van der Waals surface area (Å²) in [6, 6.07) is 0. The average molecular weight is 118 g/mol. The Morgan fingerprint density at radius 3 is 1.00 bits per heavy atom. The van der Waals surface area contributed by atoms with Gasteiger partial charge < -0.3 is 4.79 Å². The molecule has 0 saturated heterocycles. The van der Waals surface area contributed by atoms with Crippen LogP contribution in [0.5, 0.6) is 0 Å². The molecule has 0 rings (SSSR count). The Labute approximate surface area is 39.8 Å². The fourth-order valence-corrected chi connectivity index (χ4v) is 0. The average Bonchev–Trinajstić information content (AvgIpc) is 0.811. The van der Waals surface area contributed by atoms with Crippen LogP contribution >= 0.6 is 0 Å². The molecule has 48 valence electrons. The van der Waals surface area contributed by atoms with Crippen molar-refractivity contribution in [3.63, 3.8) is 0 Å². The van der Waals surface area contributed by atoms with Gasteiger partial charge in [-0.25, -0.2) is 0 Å². The first kappa shape index (κ1) is 31.8. The Bertz CT molecular complexity index is 33.2. The normalized spacial score (nSPS) is 3.71. The largest absolute Gasteiger partial charge is 0.300 e. The van der Waals surface area contributed by atoms with Crippen LogP contribution in [0.3, 0.4) is 0 Å². The number of hydrogen-bond acceptors (Lipinski definition) is 1. The quantitative estimate of drug-likeness (QED) is 0.464. The molecule has 0 atom stereocenters. The second-order valence-electron chi connectivity index (χ2n) is 0.908. The minimum atomic E-state index is 0. The van der Waals surface area contributed by atoms with Gasteiger partial charge in [0.1, 0.15) is 5.78 Å². The summed E-state index contributed by atoms with van der Waals surface area (Å²) in [5.41, 5.74) is 0. The summed E-state index contributed by atoms with van der Waals surface area (Å²) < 4.78 is 0. The molecule has 7 heavy (non-hydrogen) atoms. The Balaban J connectivity index is -0.0000000150. The van der Waals surface area contributed by atoms with Gasteiger partial charge in [-0.2, -0.15) is 0 Å². The molecule has 4 heteroatoms. The van der Waals surface area contributed by atoms with E-state index in [9.17, 15) is 4.79 Å². The lowest BCUT2D eigenvalue weighted by molar-refractivity contribution is -0.114. The maximum Gasteiger partial charge on any atom is 0.126 e. The minimum absolute atomic E-state index is 0. The summed E-state index contributed by atoms with van der Waals surface area (Å²) in [5.74, 6) is 0.167. The number of carbonyl (C=O) groups is 1. The van der Waals surface area contributed by atoms with Gasteiger partial charge in [0.15, 0.2) is 0 Å². The van der Waals surface area contributed by atoms with Gasteiger partial charge in [-0.3, -0.25) is 14.1 Å². The van der Waals surface area contributed by atoms with Gasteiger partial charge in [-0.15, -0.1) is 0 Å². The van der Waals surface area contributed by atoms with Crippen LogP contribution in [0.4, 0.5) is 14.1 Å². The maximum atomic E-state index is 9.44. The Kier molecular flexibility index (Phi) is 81.6. The molecule has 0 heterocycles. The monoisotopic (exact) mass is 118 g/mol. The molecule has 0 radical (unpaired) electrons. The van der Waals surface area contributed by atoms with Gasteiger partial charge in [0.05, 0.1) is 0 Å². The van der Waals surface area contributed by atoms with Crippen molar-refractivity contribution in [3.8, 4) is 0 Å². The lowest BCUT2D eigenvalue weighted by atomic mass is 10.6. The summed E-state index contributed by atoms with van der Waals surface area (Å²) in [6.07, 6.45) is 0. The standard InChI is InChI=1S/C3H6O.3FH/c1-3(2)4;;;/h1-2H3;3*1H. The van der Waals surface area contributed by atoms with Crippen LogP contribution in [-0.2, 0) is 4.79 Å². The highest BCUT2D eigenvalue weighted by Gasteiger charge is 1.62. The molecule has 0 spiro atoms. The van der Waals surface area contributed by atoms with Gasteiger partial charge in [0.25, 0.3) is 0 Å². The number of hydrogen-bond donors (Lipinski definition) is 0. The molecule has 0 aliphatic heterocycles. The van der Waals surface area contributed by atoms with E-state index in [1.165, 1.54) is 13.8 Å². The summed E-state index contributed by atoms with van der Waals surface area (Å²) in [7, 11) is 0. The van der Waals surface area contributed by atoms with Crippen molar-refractivity contribution >= 4 is 5.78 Å². The topological polar surface area (TPSA) is 17.1 Å². The van der Waals surface area contributed by atoms with Crippen LogP contribution < -0.4 is 0 Å². The van der Waals surface area contributed by atoms with Gasteiger partial charge in [-0.05, 0) is 13.8 Å². The SMILES string of the molecule is CC(C)=O.F.F.F. The van der Waals surface area contributed by atoms with Gasteiger partial charge in [-0.1, -0.05) is 0 Å². The van der Waals surface area contributed by atoms with Crippen molar-refractivity contribution < 1.29 is 18.9 Å². The summed E-state index contributed by atoms with van der Waals surface area (Å²) >= 11 is 0. The molecule has 0 aliphatic rings. The Hall–Kier alpha value is -0.540. The number of ketones is 1. The van der Waals surface area contributed by atoms with Crippen molar-refractivity contribution in [2.45, 2.75) is 13.8 Å². The fourth-order valence-electron chi connectivity index (χ4n) is 0. The van der Waals surface area contributed by atoms with Crippen LogP contribution in [-0.4, -0.2) is 5.78 Å². The number of carbonyl (C=O) groups excluding carboxylic acids is 1. The lowest BCUT2D eigenvalue weighted by Crippen LogP contribution is -1.69. The van der Waals surface area contributed by atoms with Crippen LogP contribution in [0.25, 0.3) is 0 Å². The molecular weight excluding hydrogens is 109 g/mol. The first-order valence-electron chi connectivity index (χ1n) is 1.20. The van der Waals surface area contributed by atoms with Crippen LogP contribution in [0.15, 0.2) is 0 Å². The number of Topliss-reactive ketones (excluding diaryl/α,β-unsaturated/α-hetero) is 1. The van der Waals surface area contributed by atoms with Crippen molar-refractivity contribution in [2.75, 3.05) is 0 Å². The molecule has 0 fully saturated rings. The van der Waals surface area contributed by atoms with E-state index in [0.717, 1.165) is 0 Å². The van der Waals surface area contributed by atoms with Crippen LogP contribution in [0, 0.1) is 0 Å². The molecule has 0 unspecified atom stereocenters. The minimum Gasteiger partial charge on any atom is -0.300 e. The van der Waals surface area contributed by atoms with E-state index in [4.69, 9.17) is 0 Å². The lowest BCUT2D eigenvalue weighted by Gasteiger charge is -1.56. The van der Waals surface area contributed by atoms with Gasteiger partial charge in [0, 0.05) is 0 Å². The van der Waals surface area contributed by atoms with Crippen molar-refractivity contribution in [1.29, 1.82) is 0 Å². The smallest absolute Gasteiger partial charge is 0.126 e. The van der Waals surface area contributed by atoms with E-state index in [1.807, 2.05) is 0 Å². The van der Waals surface area contributed by atoms with E-state index in [0.29, 0.717) is 0 Å². The van der Waals surface area contributed by atoms with E-state index in [1.54, 1.807) is 0 Å². The molecule has 1 nitrogen and oxygen atoms in total. The van der Waals surface area contributed by atoms with Gasteiger partial charge >= 0.3 is 0 Å². The van der Waals surface area contributed by atoms with Gasteiger partial charge in [0.2, 0.25) is 0 Å². The van der Waals surface area contributed by atoms with E-state index in [2.05, 4.69) is 0 Å². The zero-order valence-corrected chi connectivity index (χ0v) is 4.13. The van der Waals surface area contributed by atoms with Crippen molar-refractivity contribution in [2.24, 2.45) is 0 Å². The maximum absolute atomic E-state index is 9.44. The highest BCUT2D eigenvalue weighted by atomic mass is 19.0. The third-order valence-electron chi connectivity index (χ3n) is 0. The third-order valence-corrected chi connectivity index (χ3v) is 0. The summed E-state index contributed by atoms with van der Waals surface area (Å²) in [5, 5.41) is 0. The van der Waals surface area contributed by atoms with E-state index in [-0.39, 0.29) is 19.9 Å². The Morgan fingerprint density at radius 2 is 1.00 bits per heavy atom. The predicted molar refractivity (Wildman–Crippen MR) is 23.9 cm³/mol. The molecule has 0 aromatic rings. The zero-order valence-electron chi connectivity index (χ0n) is 4.13. The first-order chi connectivity index (χ1) is 1.73. The van der Waals surface area contributed by atoms with Crippen molar-refractivity contribution in [1.82, 2.24) is 0 Å². The molecule has 0 bridgehead atoms. The number of halogens is 3. The van der Waals surface area contributed by atoms with Crippen molar-refractivity contribution in [3.05, 3.63) is 0 Å². The number of rotatable bonds is 0. The van der Waals surface area contributed by atoms with Crippen LogP contribution in [0.2, 0.25) is 0 Å². The fraction of sp³-hybridized carbons (Fsp3) is 0.667. The molecule has 0 aliphatic carbocycles. The predicted octanol–water partition coefficient (Wildman–Crippen LogP) is 1.05.